The van der Waals surface area contributed by atoms with E-state index in [4.69, 9.17) is 11.6 Å². The number of rotatable bonds is 4. The van der Waals surface area contributed by atoms with E-state index in [1.54, 1.807) is 6.07 Å². The molecule has 166 valence electrons. The van der Waals surface area contributed by atoms with Crippen molar-refractivity contribution in [3.8, 4) is 0 Å². The van der Waals surface area contributed by atoms with Crippen LogP contribution < -0.4 is 15.1 Å². The van der Waals surface area contributed by atoms with Gasteiger partial charge in [0.25, 0.3) is 0 Å². The fraction of sp³-hybridized carbons (Fsp3) is 0.389. The van der Waals surface area contributed by atoms with E-state index in [1.807, 2.05) is 4.90 Å². The molecule has 0 saturated carbocycles. The third kappa shape index (κ3) is 4.54. The molecule has 2 aliphatic rings. The van der Waals surface area contributed by atoms with Crippen molar-refractivity contribution in [2.24, 2.45) is 0 Å². The van der Waals surface area contributed by atoms with Gasteiger partial charge in [0.2, 0.25) is 0 Å². The third-order valence-corrected chi connectivity index (χ3v) is 6.91. The molecule has 4 heterocycles. The minimum Gasteiger partial charge on any atom is -0.366 e. The Morgan fingerprint density at radius 1 is 1.26 bits per heavy atom. The number of carbonyl (C=O) groups is 1. The Balaban J connectivity index is 1.66. The number of urea groups is 1. The number of amides is 2. The average molecular weight is 476 g/mol. The van der Waals surface area contributed by atoms with Crippen molar-refractivity contribution in [1.29, 1.82) is 0 Å². The molecule has 8 nitrogen and oxygen atoms in total. The molecule has 0 aromatic carbocycles. The molecule has 2 aromatic rings. The van der Waals surface area contributed by atoms with Crippen LogP contribution in [0.15, 0.2) is 35.5 Å². The Kier molecular flexibility index (Phi) is 5.46. The molecule has 4 rings (SSSR count). The molecule has 2 amide bonds. The van der Waals surface area contributed by atoms with Crippen molar-refractivity contribution in [2.45, 2.75) is 30.1 Å². The van der Waals surface area contributed by atoms with Crippen LogP contribution >= 0.6 is 11.6 Å². The minimum atomic E-state index is -4.61. The van der Waals surface area contributed by atoms with Gasteiger partial charge in [0.05, 0.1) is 28.9 Å². The van der Waals surface area contributed by atoms with Gasteiger partial charge in [0.15, 0.2) is 20.7 Å². The van der Waals surface area contributed by atoms with Gasteiger partial charge in [-0.15, -0.1) is 0 Å². The lowest BCUT2D eigenvalue weighted by Crippen LogP contribution is -2.48. The highest BCUT2D eigenvalue weighted by atomic mass is 35.5. The Labute approximate surface area is 180 Å². The van der Waals surface area contributed by atoms with Gasteiger partial charge in [-0.2, -0.15) is 13.2 Å². The van der Waals surface area contributed by atoms with Crippen molar-refractivity contribution in [2.75, 3.05) is 34.0 Å². The lowest BCUT2D eigenvalue weighted by Gasteiger charge is -2.35. The highest BCUT2D eigenvalue weighted by Gasteiger charge is 2.41. The van der Waals surface area contributed by atoms with Crippen LogP contribution in [0.3, 0.4) is 0 Å². The number of nitrogens with zero attached hydrogens (tertiary/aromatic N) is 4. The molecule has 1 atom stereocenters. The van der Waals surface area contributed by atoms with Gasteiger partial charge in [0.1, 0.15) is 5.82 Å². The Hall–Kier alpha value is -2.60. The van der Waals surface area contributed by atoms with Crippen molar-refractivity contribution in [3.05, 3.63) is 35.5 Å². The number of hydrogen-bond acceptors (Lipinski definition) is 6. The van der Waals surface area contributed by atoms with Crippen LogP contribution in [0.2, 0.25) is 5.02 Å². The van der Waals surface area contributed by atoms with E-state index in [0.717, 1.165) is 0 Å². The van der Waals surface area contributed by atoms with E-state index >= 15 is 0 Å². The molecule has 2 aliphatic heterocycles. The molecule has 0 aliphatic carbocycles. The zero-order chi connectivity index (χ0) is 22.4. The van der Waals surface area contributed by atoms with Crippen molar-refractivity contribution >= 4 is 44.8 Å². The van der Waals surface area contributed by atoms with Gasteiger partial charge in [-0.3, -0.25) is 10.2 Å². The number of hydrogen-bond donors (Lipinski definition) is 1. The highest BCUT2D eigenvalue weighted by molar-refractivity contribution is 7.91. The molecule has 2 bridgehead atoms. The molecule has 0 unspecified atom stereocenters. The predicted molar refractivity (Wildman–Crippen MR) is 108 cm³/mol. The highest BCUT2D eigenvalue weighted by Crippen LogP contribution is 2.39. The lowest BCUT2D eigenvalue weighted by molar-refractivity contribution is -0.129. The number of halogens is 4. The largest absolute Gasteiger partial charge is 0.390 e. The molecule has 2 aromatic heterocycles. The SMILES string of the molecule is O=C(Nc1ccc(Cl)cn1)N1c2nc(S(=O)(=O)CCC(F)(F)F)ccc2N2CC[C@H]1C2. The van der Waals surface area contributed by atoms with E-state index in [9.17, 15) is 26.4 Å². The summed E-state index contributed by atoms with van der Waals surface area (Å²) < 4.78 is 62.4. The molecule has 0 radical (unpaired) electrons. The Bertz CT molecular complexity index is 1110. The van der Waals surface area contributed by atoms with Crippen molar-refractivity contribution in [3.63, 3.8) is 0 Å². The summed E-state index contributed by atoms with van der Waals surface area (Å²) in [5.74, 6) is -0.783. The summed E-state index contributed by atoms with van der Waals surface area (Å²) in [6, 6.07) is 4.89. The first-order valence-electron chi connectivity index (χ1n) is 9.31. The van der Waals surface area contributed by atoms with Gasteiger partial charge in [-0.05, 0) is 30.7 Å². The first kappa shape index (κ1) is 21.6. The number of pyridine rings is 2. The summed E-state index contributed by atoms with van der Waals surface area (Å²) in [7, 11) is -4.29. The monoisotopic (exact) mass is 475 g/mol. The maximum absolute atomic E-state index is 13.0. The van der Waals surface area contributed by atoms with E-state index in [2.05, 4.69) is 15.3 Å². The number of anilines is 3. The molecular formula is C18H17ClF3N5O3S. The Morgan fingerprint density at radius 2 is 2.03 bits per heavy atom. The van der Waals surface area contributed by atoms with Crippen LogP contribution in [-0.4, -0.2) is 55.5 Å². The van der Waals surface area contributed by atoms with E-state index in [0.29, 0.717) is 30.2 Å². The zero-order valence-corrected chi connectivity index (χ0v) is 17.5. The van der Waals surface area contributed by atoms with Gasteiger partial charge < -0.3 is 4.90 Å². The average Bonchev–Trinajstić information content (AvgIpc) is 3.12. The van der Waals surface area contributed by atoms with Crippen LogP contribution in [0.4, 0.5) is 35.3 Å². The maximum atomic E-state index is 13.0. The minimum absolute atomic E-state index is 0.0910. The van der Waals surface area contributed by atoms with Gasteiger partial charge in [-0.25, -0.2) is 23.2 Å². The van der Waals surface area contributed by atoms with Crippen LogP contribution in [0.25, 0.3) is 0 Å². The molecule has 31 heavy (non-hydrogen) atoms. The number of nitrogens with one attached hydrogen (secondary N) is 1. The quantitative estimate of drug-likeness (QED) is 0.727. The number of fused-ring (bicyclic) bond motifs is 4. The van der Waals surface area contributed by atoms with E-state index in [1.165, 1.54) is 29.3 Å². The number of aromatic nitrogens is 2. The van der Waals surface area contributed by atoms with Crippen LogP contribution in [0.5, 0.6) is 0 Å². The van der Waals surface area contributed by atoms with Crippen LogP contribution in [0, 0.1) is 0 Å². The topological polar surface area (TPSA) is 95.5 Å². The van der Waals surface area contributed by atoms with Crippen LogP contribution in [-0.2, 0) is 9.84 Å². The van der Waals surface area contributed by atoms with E-state index in [-0.39, 0.29) is 17.7 Å². The smallest absolute Gasteiger partial charge is 0.366 e. The lowest BCUT2D eigenvalue weighted by atomic mass is 10.2. The Morgan fingerprint density at radius 3 is 2.71 bits per heavy atom. The summed E-state index contributed by atoms with van der Waals surface area (Å²) in [5, 5.41) is 2.52. The van der Waals surface area contributed by atoms with Crippen LogP contribution in [0.1, 0.15) is 12.8 Å². The first-order valence-corrected chi connectivity index (χ1v) is 11.3. The number of sulfone groups is 1. The number of alkyl halides is 3. The van der Waals surface area contributed by atoms with Gasteiger partial charge in [0, 0.05) is 19.3 Å². The predicted octanol–water partition coefficient (Wildman–Crippen LogP) is 3.49. The summed E-state index contributed by atoms with van der Waals surface area (Å²) in [5.41, 5.74) is 0.544. The van der Waals surface area contributed by atoms with Crippen molar-refractivity contribution < 1.29 is 26.4 Å². The summed E-state index contributed by atoms with van der Waals surface area (Å²) in [6.07, 6.45) is -4.09. The zero-order valence-electron chi connectivity index (χ0n) is 15.9. The molecule has 1 N–H and O–H groups in total. The summed E-state index contributed by atoms with van der Waals surface area (Å²) in [4.78, 5) is 24.4. The molecule has 1 saturated heterocycles. The third-order valence-electron chi connectivity index (χ3n) is 5.08. The van der Waals surface area contributed by atoms with Gasteiger partial charge in [-0.1, -0.05) is 11.6 Å². The number of carbonyl (C=O) groups excluding carboxylic acids is 1. The fourth-order valence-electron chi connectivity index (χ4n) is 3.60. The molecular weight excluding hydrogens is 459 g/mol. The van der Waals surface area contributed by atoms with Crippen molar-refractivity contribution in [1.82, 2.24) is 9.97 Å². The summed E-state index contributed by atoms with van der Waals surface area (Å²) >= 11 is 5.80. The first-order chi connectivity index (χ1) is 14.5. The standard InChI is InChI=1S/C18H17ClF3N5O3S/c19-11-1-3-14(23-9-11)24-17(28)27-12-5-7-26(10-12)13-2-4-15(25-16(13)27)31(29,30)8-6-18(20,21)22/h1-4,9,12H,5-8,10H2,(H,23,24,28)/t12-/m0/s1. The normalized spacial score (nSPS) is 18.1. The molecule has 0 spiro atoms. The van der Waals surface area contributed by atoms with Gasteiger partial charge >= 0.3 is 12.2 Å². The molecule has 1 fully saturated rings. The van der Waals surface area contributed by atoms with E-state index < -0.39 is 39.2 Å². The second-order valence-corrected chi connectivity index (χ2v) is 9.72. The fourth-order valence-corrected chi connectivity index (χ4v) is 4.92. The second kappa shape index (κ2) is 7.83. The molecule has 13 heteroatoms. The summed E-state index contributed by atoms with van der Waals surface area (Å²) in [6.45, 7) is 1.18. The maximum Gasteiger partial charge on any atom is 0.390 e. The second-order valence-electron chi connectivity index (χ2n) is 7.23.